The number of anilines is 1. The number of rotatable bonds is 2. The van der Waals surface area contributed by atoms with Crippen LogP contribution >= 0.6 is 0 Å². The summed E-state index contributed by atoms with van der Waals surface area (Å²) in [5, 5.41) is 10.8. The summed E-state index contributed by atoms with van der Waals surface area (Å²) < 4.78 is 1.92. The van der Waals surface area contributed by atoms with Gasteiger partial charge in [-0.3, -0.25) is 14.5 Å². The normalized spacial score (nSPS) is 16.7. The van der Waals surface area contributed by atoms with Crippen LogP contribution in [0.5, 0.6) is 0 Å². The summed E-state index contributed by atoms with van der Waals surface area (Å²) >= 11 is 0. The number of carbonyl (C=O) groups is 1. The van der Waals surface area contributed by atoms with Crippen LogP contribution in [0.3, 0.4) is 0 Å². The Morgan fingerprint density at radius 2 is 2.18 bits per heavy atom. The number of nitrogens with zero attached hydrogens (tertiary/aromatic N) is 5. The first-order valence-corrected chi connectivity index (χ1v) is 7.18. The maximum absolute atomic E-state index is 12.6. The average molecular weight is 294 g/mol. The van der Waals surface area contributed by atoms with E-state index in [1.807, 2.05) is 10.5 Å². The molecule has 0 fully saturated rings. The highest BCUT2D eigenvalue weighted by Gasteiger charge is 2.25. The topological polar surface area (TPSA) is 85.1 Å². The second kappa shape index (κ2) is 4.87. The predicted molar refractivity (Wildman–Crippen MR) is 79.7 cm³/mol. The van der Waals surface area contributed by atoms with E-state index in [0.29, 0.717) is 17.1 Å². The molecule has 1 amide bonds. The minimum Gasteiger partial charge on any atom is -0.290 e. The first kappa shape index (κ1) is 12.9. The standard InChI is InChI=1S/C15H14N6O/c1-9-3-4-12-10(9)7-11(13-20-18-8-21(12)13)14(22)19-15-16-5-2-6-17-15/h2,5-9H,3-4H2,1H3,(H,16,17,19,22)/t9-/m0/s1. The fourth-order valence-corrected chi connectivity index (χ4v) is 2.96. The smallest absolute Gasteiger partial charge is 0.261 e. The number of aryl methyl sites for hydroxylation is 1. The SMILES string of the molecule is C[C@H]1CCc2c1cc(C(=O)Nc1ncccn1)c1nncn21. The van der Waals surface area contributed by atoms with Crippen molar-refractivity contribution in [3.63, 3.8) is 0 Å². The molecule has 7 heteroatoms. The molecule has 0 saturated carbocycles. The Hall–Kier alpha value is -2.83. The van der Waals surface area contributed by atoms with Crippen molar-refractivity contribution in [1.29, 1.82) is 0 Å². The number of amides is 1. The summed E-state index contributed by atoms with van der Waals surface area (Å²) in [6.45, 7) is 2.17. The molecule has 0 saturated heterocycles. The second-order valence-corrected chi connectivity index (χ2v) is 5.45. The minimum absolute atomic E-state index is 0.272. The fraction of sp³-hybridized carbons (Fsp3) is 0.267. The van der Waals surface area contributed by atoms with Crippen LogP contribution in [0, 0.1) is 0 Å². The summed E-state index contributed by atoms with van der Waals surface area (Å²) in [5.41, 5.74) is 3.45. The van der Waals surface area contributed by atoms with Crippen molar-refractivity contribution in [2.24, 2.45) is 0 Å². The van der Waals surface area contributed by atoms with Gasteiger partial charge in [0.25, 0.3) is 5.91 Å². The van der Waals surface area contributed by atoms with Crippen LogP contribution in [-0.2, 0) is 6.42 Å². The average Bonchev–Trinajstić information content (AvgIpc) is 3.14. The molecule has 3 heterocycles. The zero-order valence-corrected chi connectivity index (χ0v) is 12.0. The van der Waals surface area contributed by atoms with E-state index in [9.17, 15) is 4.79 Å². The van der Waals surface area contributed by atoms with Gasteiger partial charge in [0, 0.05) is 18.1 Å². The zero-order valence-electron chi connectivity index (χ0n) is 12.0. The van der Waals surface area contributed by atoms with Crippen LogP contribution < -0.4 is 5.32 Å². The van der Waals surface area contributed by atoms with Gasteiger partial charge in [0.2, 0.25) is 5.95 Å². The van der Waals surface area contributed by atoms with Gasteiger partial charge >= 0.3 is 0 Å². The van der Waals surface area contributed by atoms with Crippen LogP contribution in [-0.4, -0.2) is 30.5 Å². The van der Waals surface area contributed by atoms with Gasteiger partial charge in [0.05, 0.1) is 5.56 Å². The van der Waals surface area contributed by atoms with Gasteiger partial charge in [-0.1, -0.05) is 6.92 Å². The Bertz CT molecular complexity index is 857. The van der Waals surface area contributed by atoms with Crippen LogP contribution in [0.15, 0.2) is 30.9 Å². The number of fused-ring (bicyclic) bond motifs is 3. The van der Waals surface area contributed by atoms with Gasteiger partial charge in [0.1, 0.15) is 6.33 Å². The molecule has 4 rings (SSSR count). The Labute approximate surface area is 126 Å². The molecule has 110 valence electrons. The molecule has 7 nitrogen and oxygen atoms in total. The number of aromatic nitrogens is 5. The van der Waals surface area contributed by atoms with Crippen molar-refractivity contribution >= 4 is 17.5 Å². The van der Waals surface area contributed by atoms with Crippen molar-refractivity contribution in [1.82, 2.24) is 24.6 Å². The third kappa shape index (κ3) is 1.93. The summed E-state index contributed by atoms with van der Waals surface area (Å²) in [7, 11) is 0. The lowest BCUT2D eigenvalue weighted by atomic mass is 10.0. The van der Waals surface area contributed by atoms with Crippen LogP contribution in [0.2, 0.25) is 0 Å². The molecule has 1 atom stereocenters. The molecule has 1 aliphatic carbocycles. The largest absolute Gasteiger partial charge is 0.290 e. The van der Waals surface area contributed by atoms with Gasteiger partial charge in [-0.25, -0.2) is 9.97 Å². The lowest BCUT2D eigenvalue weighted by Crippen LogP contribution is -2.16. The third-order valence-electron chi connectivity index (χ3n) is 4.09. The van der Waals surface area contributed by atoms with E-state index < -0.39 is 0 Å². The molecule has 3 aromatic rings. The quantitative estimate of drug-likeness (QED) is 0.779. The number of carbonyl (C=O) groups excluding carboxylic acids is 1. The third-order valence-corrected chi connectivity index (χ3v) is 4.09. The van der Waals surface area contributed by atoms with Gasteiger partial charge in [-0.2, -0.15) is 0 Å². The van der Waals surface area contributed by atoms with E-state index in [1.54, 1.807) is 24.8 Å². The molecule has 0 aromatic carbocycles. The van der Waals surface area contributed by atoms with E-state index in [0.717, 1.165) is 12.8 Å². The first-order chi connectivity index (χ1) is 10.7. The van der Waals surface area contributed by atoms with Crippen molar-refractivity contribution in [2.45, 2.75) is 25.7 Å². The molecule has 1 N–H and O–H groups in total. The lowest BCUT2D eigenvalue weighted by Gasteiger charge is -2.10. The van der Waals surface area contributed by atoms with Crippen LogP contribution in [0.25, 0.3) is 5.65 Å². The Kier molecular flexibility index (Phi) is 2.85. The molecule has 1 aliphatic rings. The van der Waals surface area contributed by atoms with E-state index in [2.05, 4.69) is 32.4 Å². The monoisotopic (exact) mass is 294 g/mol. The highest BCUT2D eigenvalue weighted by molar-refractivity contribution is 6.07. The number of nitrogens with one attached hydrogen (secondary N) is 1. The molecule has 0 bridgehead atoms. The maximum Gasteiger partial charge on any atom is 0.261 e. The highest BCUT2D eigenvalue weighted by atomic mass is 16.1. The van der Waals surface area contributed by atoms with Gasteiger partial charge < -0.3 is 0 Å². The lowest BCUT2D eigenvalue weighted by molar-refractivity contribution is 0.102. The van der Waals surface area contributed by atoms with E-state index in [4.69, 9.17) is 0 Å². The molecule has 0 unspecified atom stereocenters. The number of pyridine rings is 1. The Balaban J connectivity index is 1.80. The molecule has 0 radical (unpaired) electrons. The number of hydrogen-bond donors (Lipinski definition) is 1. The number of hydrogen-bond acceptors (Lipinski definition) is 5. The van der Waals surface area contributed by atoms with E-state index in [-0.39, 0.29) is 11.9 Å². The summed E-state index contributed by atoms with van der Waals surface area (Å²) in [6, 6.07) is 3.62. The Morgan fingerprint density at radius 1 is 1.36 bits per heavy atom. The summed E-state index contributed by atoms with van der Waals surface area (Å²) in [4.78, 5) is 20.6. The second-order valence-electron chi connectivity index (χ2n) is 5.45. The summed E-state index contributed by atoms with van der Waals surface area (Å²) in [5.74, 6) is 0.436. The summed E-state index contributed by atoms with van der Waals surface area (Å²) in [6.07, 6.45) is 6.90. The minimum atomic E-state index is -0.272. The Morgan fingerprint density at radius 3 is 3.00 bits per heavy atom. The van der Waals surface area contributed by atoms with Crippen molar-refractivity contribution in [2.75, 3.05) is 5.32 Å². The van der Waals surface area contributed by atoms with Gasteiger partial charge in [0.15, 0.2) is 5.65 Å². The maximum atomic E-state index is 12.6. The van der Waals surface area contributed by atoms with Gasteiger partial charge in [-0.05, 0) is 36.5 Å². The van der Waals surface area contributed by atoms with E-state index in [1.165, 1.54) is 11.3 Å². The zero-order chi connectivity index (χ0) is 15.1. The molecule has 0 spiro atoms. The van der Waals surface area contributed by atoms with Crippen LogP contribution in [0.4, 0.5) is 5.95 Å². The molecule has 22 heavy (non-hydrogen) atoms. The van der Waals surface area contributed by atoms with Crippen molar-refractivity contribution in [3.05, 3.63) is 47.7 Å². The first-order valence-electron chi connectivity index (χ1n) is 7.18. The molecule has 3 aromatic heterocycles. The fourth-order valence-electron chi connectivity index (χ4n) is 2.96. The van der Waals surface area contributed by atoms with Crippen LogP contribution in [0.1, 0.15) is 40.9 Å². The van der Waals surface area contributed by atoms with Crippen molar-refractivity contribution < 1.29 is 4.79 Å². The molecular weight excluding hydrogens is 280 g/mol. The predicted octanol–water partition coefficient (Wildman–Crippen LogP) is 1.82. The molecular formula is C15H14N6O. The molecule has 0 aliphatic heterocycles. The van der Waals surface area contributed by atoms with Gasteiger partial charge in [-0.15, -0.1) is 10.2 Å². The van der Waals surface area contributed by atoms with E-state index >= 15 is 0 Å². The van der Waals surface area contributed by atoms with Crippen molar-refractivity contribution in [3.8, 4) is 0 Å². The highest BCUT2D eigenvalue weighted by Crippen LogP contribution is 2.34.